The summed E-state index contributed by atoms with van der Waals surface area (Å²) in [5, 5.41) is 2.96. The molecule has 124 valence electrons. The highest BCUT2D eigenvalue weighted by atomic mass is 16.6. The number of cyclic esters (lactones) is 1. The average molecular weight is 317 g/mol. The molecule has 0 aromatic heterocycles. The molecule has 6 heteroatoms. The number of carbonyl (C=O) groups excluding carboxylic acids is 2. The lowest BCUT2D eigenvalue weighted by molar-refractivity contribution is 0.157. The molecule has 2 saturated heterocycles. The number of hydrogen-bond acceptors (Lipinski definition) is 3. The number of nitrogens with zero attached hydrogens (tertiary/aromatic N) is 2. The molecule has 1 aromatic rings. The number of ether oxygens (including phenoxy) is 1. The van der Waals surface area contributed by atoms with Crippen LogP contribution in [0.15, 0.2) is 24.3 Å². The second-order valence-corrected chi connectivity index (χ2v) is 6.36. The van der Waals surface area contributed by atoms with E-state index in [0.29, 0.717) is 25.6 Å². The van der Waals surface area contributed by atoms with Gasteiger partial charge >= 0.3 is 12.1 Å². The quantitative estimate of drug-likeness (QED) is 0.932. The monoisotopic (exact) mass is 317 g/mol. The molecule has 0 bridgehead atoms. The van der Waals surface area contributed by atoms with Gasteiger partial charge in [-0.25, -0.2) is 9.59 Å². The molecule has 0 spiro atoms. The number of piperidine rings is 1. The molecule has 2 aliphatic heterocycles. The number of amides is 3. The fourth-order valence-corrected chi connectivity index (χ4v) is 3.11. The molecule has 2 aliphatic rings. The van der Waals surface area contributed by atoms with Crippen molar-refractivity contribution in [1.82, 2.24) is 9.80 Å². The lowest BCUT2D eigenvalue weighted by Crippen LogP contribution is -2.41. The van der Waals surface area contributed by atoms with Gasteiger partial charge in [0.05, 0.1) is 6.54 Å². The van der Waals surface area contributed by atoms with Gasteiger partial charge in [-0.05, 0) is 36.5 Å². The summed E-state index contributed by atoms with van der Waals surface area (Å²) in [4.78, 5) is 27.4. The van der Waals surface area contributed by atoms with Crippen molar-refractivity contribution < 1.29 is 14.3 Å². The largest absolute Gasteiger partial charge is 0.448 e. The zero-order chi connectivity index (χ0) is 16.2. The van der Waals surface area contributed by atoms with Gasteiger partial charge in [-0.2, -0.15) is 0 Å². The molecule has 3 amide bonds. The highest BCUT2D eigenvalue weighted by molar-refractivity contribution is 5.89. The molecular weight excluding hydrogens is 294 g/mol. The van der Waals surface area contributed by atoms with E-state index in [0.717, 1.165) is 30.8 Å². The second-order valence-electron chi connectivity index (χ2n) is 6.36. The molecule has 1 aromatic carbocycles. The Kier molecular flexibility index (Phi) is 4.69. The van der Waals surface area contributed by atoms with Crippen molar-refractivity contribution in [3.05, 3.63) is 29.8 Å². The Morgan fingerprint density at radius 1 is 1.39 bits per heavy atom. The standard InChI is InChI=1S/C17H23N3O3/c1-13-4-3-7-19(11-13)16(21)18-15-6-2-5-14(10-15)12-20-8-9-23-17(20)22/h2,5-6,10,13H,3-4,7-9,11-12H2,1H3,(H,18,21)/t13-/m0/s1. The molecule has 23 heavy (non-hydrogen) atoms. The first-order chi connectivity index (χ1) is 11.1. The number of hydrogen-bond donors (Lipinski definition) is 1. The van der Waals surface area contributed by atoms with E-state index in [1.165, 1.54) is 6.42 Å². The predicted molar refractivity (Wildman–Crippen MR) is 87.2 cm³/mol. The number of rotatable bonds is 3. The molecular formula is C17H23N3O3. The summed E-state index contributed by atoms with van der Waals surface area (Å²) < 4.78 is 4.93. The summed E-state index contributed by atoms with van der Waals surface area (Å²) in [6, 6.07) is 7.58. The van der Waals surface area contributed by atoms with E-state index < -0.39 is 0 Å². The van der Waals surface area contributed by atoms with Crippen molar-refractivity contribution in [2.75, 3.05) is 31.6 Å². The number of urea groups is 1. The Morgan fingerprint density at radius 3 is 3.00 bits per heavy atom. The van der Waals surface area contributed by atoms with Crippen LogP contribution in [0, 0.1) is 5.92 Å². The van der Waals surface area contributed by atoms with Gasteiger partial charge in [-0.1, -0.05) is 19.1 Å². The van der Waals surface area contributed by atoms with Crippen LogP contribution in [0.4, 0.5) is 15.3 Å². The molecule has 2 fully saturated rings. The first-order valence-corrected chi connectivity index (χ1v) is 8.18. The van der Waals surface area contributed by atoms with Crippen molar-refractivity contribution in [3.63, 3.8) is 0 Å². The van der Waals surface area contributed by atoms with Gasteiger partial charge in [0.1, 0.15) is 6.61 Å². The maximum atomic E-state index is 12.4. The van der Waals surface area contributed by atoms with Crippen molar-refractivity contribution >= 4 is 17.8 Å². The summed E-state index contributed by atoms with van der Waals surface area (Å²) in [6.45, 7) is 5.36. The third kappa shape index (κ3) is 3.94. The zero-order valence-electron chi connectivity index (χ0n) is 13.5. The number of anilines is 1. The van der Waals surface area contributed by atoms with Gasteiger partial charge in [-0.3, -0.25) is 0 Å². The second kappa shape index (κ2) is 6.89. The van der Waals surface area contributed by atoms with E-state index in [1.807, 2.05) is 29.2 Å². The first kappa shape index (κ1) is 15.6. The molecule has 0 unspecified atom stereocenters. The molecule has 0 aliphatic carbocycles. The minimum absolute atomic E-state index is 0.0470. The molecule has 0 saturated carbocycles. The van der Waals surface area contributed by atoms with Gasteiger partial charge in [0.15, 0.2) is 0 Å². The van der Waals surface area contributed by atoms with E-state index in [2.05, 4.69) is 12.2 Å². The number of nitrogens with one attached hydrogen (secondary N) is 1. The summed E-state index contributed by atoms with van der Waals surface area (Å²) in [5.41, 5.74) is 1.74. The van der Waals surface area contributed by atoms with E-state index in [4.69, 9.17) is 4.74 Å². The Hall–Kier alpha value is -2.24. The number of carbonyl (C=O) groups is 2. The van der Waals surface area contributed by atoms with Crippen molar-refractivity contribution in [3.8, 4) is 0 Å². The normalized spacial score (nSPS) is 21.3. The molecule has 3 rings (SSSR count). The van der Waals surface area contributed by atoms with Crippen LogP contribution in [-0.4, -0.2) is 48.2 Å². The highest BCUT2D eigenvalue weighted by Gasteiger charge is 2.23. The fraction of sp³-hybridized carbons (Fsp3) is 0.529. The minimum Gasteiger partial charge on any atom is -0.448 e. The maximum Gasteiger partial charge on any atom is 0.410 e. The molecule has 0 radical (unpaired) electrons. The molecule has 2 heterocycles. The average Bonchev–Trinajstić information content (AvgIpc) is 2.93. The summed E-state index contributed by atoms with van der Waals surface area (Å²) in [7, 11) is 0. The third-order valence-corrected chi connectivity index (χ3v) is 4.34. The first-order valence-electron chi connectivity index (χ1n) is 8.18. The lowest BCUT2D eigenvalue weighted by atomic mass is 10.0. The Balaban J connectivity index is 1.60. The SMILES string of the molecule is C[C@H]1CCCN(C(=O)Nc2cccc(CN3CCOC3=O)c2)C1. The summed E-state index contributed by atoms with van der Waals surface area (Å²) in [6.07, 6.45) is 1.97. The van der Waals surface area contributed by atoms with Crippen molar-refractivity contribution in [1.29, 1.82) is 0 Å². The zero-order valence-corrected chi connectivity index (χ0v) is 13.5. The Bertz CT molecular complexity index is 590. The van der Waals surface area contributed by atoms with E-state index in [-0.39, 0.29) is 12.1 Å². The smallest absolute Gasteiger partial charge is 0.410 e. The van der Waals surface area contributed by atoms with Gasteiger partial charge in [0.2, 0.25) is 0 Å². The molecule has 1 atom stereocenters. The summed E-state index contributed by atoms with van der Waals surface area (Å²) in [5.74, 6) is 0.557. The molecule has 6 nitrogen and oxygen atoms in total. The number of likely N-dealkylation sites (tertiary alicyclic amines) is 1. The van der Waals surface area contributed by atoms with Crippen LogP contribution >= 0.6 is 0 Å². The van der Waals surface area contributed by atoms with E-state index in [9.17, 15) is 9.59 Å². The van der Waals surface area contributed by atoms with Crippen LogP contribution in [0.2, 0.25) is 0 Å². The van der Waals surface area contributed by atoms with Gasteiger partial charge in [-0.15, -0.1) is 0 Å². The van der Waals surface area contributed by atoms with Crippen LogP contribution in [0.25, 0.3) is 0 Å². The highest BCUT2D eigenvalue weighted by Crippen LogP contribution is 2.18. The van der Waals surface area contributed by atoms with Crippen LogP contribution in [-0.2, 0) is 11.3 Å². The van der Waals surface area contributed by atoms with Crippen LogP contribution in [0.3, 0.4) is 0 Å². The van der Waals surface area contributed by atoms with Gasteiger partial charge < -0.3 is 19.9 Å². The van der Waals surface area contributed by atoms with Crippen molar-refractivity contribution in [2.45, 2.75) is 26.3 Å². The minimum atomic E-state index is -0.276. The Morgan fingerprint density at radius 2 is 2.26 bits per heavy atom. The molecule has 1 N–H and O–H groups in total. The van der Waals surface area contributed by atoms with Gasteiger partial charge in [0, 0.05) is 25.3 Å². The van der Waals surface area contributed by atoms with Crippen LogP contribution < -0.4 is 5.32 Å². The topological polar surface area (TPSA) is 61.9 Å². The van der Waals surface area contributed by atoms with E-state index in [1.54, 1.807) is 4.90 Å². The van der Waals surface area contributed by atoms with E-state index >= 15 is 0 Å². The van der Waals surface area contributed by atoms with Gasteiger partial charge in [0.25, 0.3) is 0 Å². The van der Waals surface area contributed by atoms with Crippen LogP contribution in [0.5, 0.6) is 0 Å². The predicted octanol–water partition coefficient (Wildman–Crippen LogP) is 2.90. The third-order valence-electron chi connectivity index (χ3n) is 4.34. The maximum absolute atomic E-state index is 12.4. The summed E-state index contributed by atoms with van der Waals surface area (Å²) >= 11 is 0. The lowest BCUT2D eigenvalue weighted by Gasteiger charge is -2.31. The fourth-order valence-electron chi connectivity index (χ4n) is 3.11. The van der Waals surface area contributed by atoms with Crippen LogP contribution in [0.1, 0.15) is 25.3 Å². The van der Waals surface area contributed by atoms with Crippen molar-refractivity contribution in [2.24, 2.45) is 5.92 Å². The Labute approximate surface area is 136 Å². The number of benzene rings is 1.